The van der Waals surface area contributed by atoms with Crippen LogP contribution in [0.2, 0.25) is 0 Å². The quantitative estimate of drug-likeness (QED) is 0.817. The van der Waals surface area contributed by atoms with Crippen LogP contribution in [0.4, 0.5) is 11.6 Å². The van der Waals surface area contributed by atoms with Gasteiger partial charge in [0.2, 0.25) is 10.0 Å². The van der Waals surface area contributed by atoms with Gasteiger partial charge in [0, 0.05) is 6.04 Å². The maximum Gasteiger partial charge on any atom is 0.234 e. The minimum absolute atomic E-state index is 0.00465. The molecule has 0 amide bonds. The Morgan fingerprint density at radius 2 is 1.64 bits per heavy atom. The number of benzene rings is 1. The minimum atomic E-state index is -3.44. The molecule has 0 aliphatic carbocycles. The van der Waals surface area contributed by atoms with Gasteiger partial charge in [0.05, 0.1) is 5.75 Å². The van der Waals surface area contributed by atoms with Gasteiger partial charge in [-0.25, -0.2) is 8.42 Å². The molecule has 0 aliphatic rings. The summed E-state index contributed by atoms with van der Waals surface area (Å²) in [7, 11) is -3.44. The largest absolute Gasteiger partial charge is 0.366 e. The molecule has 1 heterocycles. The second-order valence-electron chi connectivity index (χ2n) is 5.26. The Morgan fingerprint density at radius 3 is 2.23 bits per heavy atom. The molecule has 118 valence electrons. The lowest BCUT2D eigenvalue weighted by atomic mass is 10.2. The molecule has 0 atom stereocenters. The van der Waals surface area contributed by atoms with Gasteiger partial charge in [-0.15, -0.1) is 10.2 Å². The van der Waals surface area contributed by atoms with Crippen molar-refractivity contribution in [3.63, 3.8) is 0 Å². The van der Waals surface area contributed by atoms with Crippen molar-refractivity contribution in [2.75, 3.05) is 15.8 Å². The smallest absolute Gasteiger partial charge is 0.234 e. The average Bonchev–Trinajstić information content (AvgIpc) is 2.48. The molecule has 2 N–H and O–H groups in total. The lowest BCUT2D eigenvalue weighted by molar-refractivity contribution is 0.600. The summed E-state index contributed by atoms with van der Waals surface area (Å²) >= 11 is 0. The fourth-order valence-corrected chi connectivity index (χ4v) is 2.90. The Morgan fingerprint density at radius 1 is 1.00 bits per heavy atom. The van der Waals surface area contributed by atoms with Gasteiger partial charge < -0.3 is 5.32 Å². The molecule has 7 heteroatoms. The van der Waals surface area contributed by atoms with Crippen molar-refractivity contribution < 1.29 is 8.42 Å². The normalized spacial score (nSPS) is 11.4. The number of aromatic nitrogens is 2. The first kappa shape index (κ1) is 16.2. The zero-order valence-corrected chi connectivity index (χ0v) is 13.5. The van der Waals surface area contributed by atoms with Crippen LogP contribution >= 0.6 is 0 Å². The number of aryl methyl sites for hydroxylation is 1. The molecule has 0 aliphatic heterocycles. The van der Waals surface area contributed by atoms with Crippen LogP contribution in [0, 0.1) is 0 Å². The Kier molecular flexibility index (Phi) is 5.32. The number of hydrogen-bond donors (Lipinski definition) is 2. The topological polar surface area (TPSA) is 84.0 Å². The first-order valence-electron chi connectivity index (χ1n) is 7.09. The fraction of sp³-hybridized carbons (Fsp3) is 0.333. The molecule has 1 aromatic carbocycles. The van der Waals surface area contributed by atoms with Crippen LogP contribution in [-0.2, 0) is 16.4 Å². The van der Waals surface area contributed by atoms with E-state index < -0.39 is 10.0 Å². The first-order valence-corrected chi connectivity index (χ1v) is 8.74. The summed E-state index contributed by atoms with van der Waals surface area (Å²) in [5.41, 5.74) is 0.982. The molecule has 0 saturated carbocycles. The van der Waals surface area contributed by atoms with E-state index in [2.05, 4.69) is 20.2 Å². The number of nitrogens with zero attached hydrogens (tertiary/aromatic N) is 2. The average molecular weight is 320 g/mol. The predicted octanol–water partition coefficient (Wildman–Crippen LogP) is 2.28. The van der Waals surface area contributed by atoms with Gasteiger partial charge >= 0.3 is 0 Å². The number of nitrogens with one attached hydrogen (secondary N) is 2. The third-order valence-electron chi connectivity index (χ3n) is 2.86. The zero-order chi connectivity index (χ0) is 16.0. The van der Waals surface area contributed by atoms with Gasteiger partial charge in [0.25, 0.3) is 0 Å². The SMILES string of the molecule is CC(C)Nc1ccc(NS(=O)(=O)CCc2ccccc2)nn1. The van der Waals surface area contributed by atoms with Crippen molar-refractivity contribution in [3.05, 3.63) is 48.0 Å². The van der Waals surface area contributed by atoms with Crippen LogP contribution in [0.15, 0.2) is 42.5 Å². The van der Waals surface area contributed by atoms with E-state index >= 15 is 0 Å². The molecule has 0 unspecified atom stereocenters. The molecule has 0 fully saturated rings. The third-order valence-corrected chi connectivity index (χ3v) is 4.13. The van der Waals surface area contributed by atoms with E-state index in [4.69, 9.17) is 0 Å². The molecule has 2 aromatic rings. The van der Waals surface area contributed by atoms with E-state index in [0.717, 1.165) is 5.56 Å². The van der Waals surface area contributed by atoms with E-state index in [1.54, 1.807) is 12.1 Å². The summed E-state index contributed by atoms with van der Waals surface area (Å²) in [6.45, 7) is 3.98. The standard InChI is InChI=1S/C15H20N4O2S/c1-12(2)16-14-8-9-15(18-17-14)19-22(20,21)11-10-13-6-4-3-5-7-13/h3-9,12H,10-11H2,1-2H3,(H,16,17)(H,18,19). The Hall–Kier alpha value is -2.15. The second kappa shape index (κ2) is 7.22. The van der Waals surface area contributed by atoms with Crippen LogP contribution in [0.3, 0.4) is 0 Å². The maximum absolute atomic E-state index is 12.0. The molecule has 0 spiro atoms. The monoisotopic (exact) mass is 320 g/mol. The molecular weight excluding hydrogens is 300 g/mol. The molecule has 22 heavy (non-hydrogen) atoms. The molecule has 0 bridgehead atoms. The van der Waals surface area contributed by atoms with Crippen molar-refractivity contribution in [2.24, 2.45) is 0 Å². The summed E-state index contributed by atoms with van der Waals surface area (Å²) in [5, 5.41) is 10.9. The number of anilines is 2. The summed E-state index contributed by atoms with van der Waals surface area (Å²) in [6.07, 6.45) is 0.455. The van der Waals surface area contributed by atoms with Crippen molar-refractivity contribution in [3.8, 4) is 0 Å². The highest BCUT2D eigenvalue weighted by atomic mass is 32.2. The fourth-order valence-electron chi connectivity index (χ4n) is 1.87. The summed E-state index contributed by atoms with van der Waals surface area (Å²) in [5.74, 6) is 0.842. The van der Waals surface area contributed by atoms with E-state index in [-0.39, 0.29) is 17.6 Å². The van der Waals surface area contributed by atoms with E-state index in [1.165, 1.54) is 0 Å². The van der Waals surface area contributed by atoms with Crippen molar-refractivity contribution in [1.82, 2.24) is 10.2 Å². The van der Waals surface area contributed by atoms with Gasteiger partial charge in [-0.05, 0) is 38.0 Å². The Bertz CT molecular complexity index is 685. The van der Waals surface area contributed by atoms with Crippen LogP contribution in [-0.4, -0.2) is 30.4 Å². The van der Waals surface area contributed by atoms with Crippen LogP contribution in [0.5, 0.6) is 0 Å². The van der Waals surface area contributed by atoms with Crippen LogP contribution < -0.4 is 10.0 Å². The zero-order valence-electron chi connectivity index (χ0n) is 12.7. The van der Waals surface area contributed by atoms with Crippen molar-refractivity contribution >= 4 is 21.7 Å². The lowest BCUT2D eigenvalue weighted by Crippen LogP contribution is -2.19. The van der Waals surface area contributed by atoms with Gasteiger partial charge in [-0.3, -0.25) is 4.72 Å². The van der Waals surface area contributed by atoms with E-state index in [0.29, 0.717) is 12.2 Å². The van der Waals surface area contributed by atoms with Gasteiger partial charge in [-0.2, -0.15) is 0 Å². The highest BCUT2D eigenvalue weighted by molar-refractivity contribution is 7.92. The van der Waals surface area contributed by atoms with Gasteiger partial charge in [0.15, 0.2) is 5.82 Å². The molecule has 0 radical (unpaired) electrons. The number of hydrogen-bond acceptors (Lipinski definition) is 5. The Labute approximate surface area is 131 Å². The molecule has 0 saturated heterocycles. The molecule has 1 aromatic heterocycles. The van der Waals surface area contributed by atoms with Crippen molar-refractivity contribution in [1.29, 1.82) is 0 Å². The van der Waals surface area contributed by atoms with Gasteiger partial charge in [-0.1, -0.05) is 30.3 Å². The lowest BCUT2D eigenvalue weighted by Gasteiger charge is -2.10. The van der Waals surface area contributed by atoms with Crippen LogP contribution in [0.25, 0.3) is 0 Å². The summed E-state index contributed by atoms with van der Waals surface area (Å²) in [4.78, 5) is 0. The predicted molar refractivity (Wildman–Crippen MR) is 88.3 cm³/mol. The molecule has 2 rings (SSSR count). The summed E-state index contributed by atoms with van der Waals surface area (Å²) in [6, 6.07) is 13.0. The van der Waals surface area contributed by atoms with Crippen molar-refractivity contribution in [2.45, 2.75) is 26.3 Å². The second-order valence-corrected chi connectivity index (χ2v) is 7.10. The maximum atomic E-state index is 12.0. The third kappa shape index (κ3) is 5.33. The number of sulfonamides is 1. The summed E-state index contributed by atoms with van der Waals surface area (Å²) < 4.78 is 26.5. The number of rotatable bonds is 7. The highest BCUT2D eigenvalue weighted by Crippen LogP contribution is 2.10. The van der Waals surface area contributed by atoms with Crippen LogP contribution in [0.1, 0.15) is 19.4 Å². The molecular formula is C15H20N4O2S. The van der Waals surface area contributed by atoms with E-state index in [1.807, 2.05) is 44.2 Å². The highest BCUT2D eigenvalue weighted by Gasteiger charge is 2.12. The van der Waals surface area contributed by atoms with Gasteiger partial charge in [0.1, 0.15) is 5.82 Å². The Balaban J connectivity index is 1.93. The first-order chi connectivity index (χ1) is 10.4. The molecule has 6 nitrogen and oxygen atoms in total. The van der Waals surface area contributed by atoms with E-state index in [9.17, 15) is 8.42 Å². The minimum Gasteiger partial charge on any atom is -0.366 e.